The van der Waals surface area contributed by atoms with E-state index in [1.54, 1.807) is 18.4 Å². The third kappa shape index (κ3) is 6.57. The van der Waals surface area contributed by atoms with Gasteiger partial charge in [-0.15, -0.1) is 35.3 Å². The summed E-state index contributed by atoms with van der Waals surface area (Å²) in [5, 5.41) is 8.61. The number of hydrogen-bond acceptors (Lipinski definition) is 3. The fraction of sp³-hybridized carbons (Fsp3) is 0.412. The highest BCUT2D eigenvalue weighted by Gasteiger charge is 2.04. The highest BCUT2D eigenvalue weighted by Crippen LogP contribution is 2.16. The van der Waals surface area contributed by atoms with Gasteiger partial charge in [0.25, 0.3) is 0 Å². The highest BCUT2D eigenvalue weighted by atomic mass is 127. The van der Waals surface area contributed by atoms with E-state index in [9.17, 15) is 0 Å². The van der Waals surface area contributed by atoms with Crippen LogP contribution in [0.2, 0.25) is 5.02 Å². The van der Waals surface area contributed by atoms with Gasteiger partial charge < -0.3 is 10.6 Å². The Morgan fingerprint density at radius 2 is 1.83 bits per heavy atom. The molecule has 0 aliphatic carbocycles. The molecule has 7 heteroatoms. The van der Waals surface area contributed by atoms with Crippen molar-refractivity contribution in [3.63, 3.8) is 0 Å². The molecule has 1 aromatic heterocycles. The molecule has 2 rings (SSSR count). The van der Waals surface area contributed by atoms with Crippen molar-refractivity contribution in [1.29, 1.82) is 0 Å². The van der Waals surface area contributed by atoms with Crippen LogP contribution in [0.25, 0.3) is 0 Å². The maximum absolute atomic E-state index is 6.16. The summed E-state index contributed by atoms with van der Waals surface area (Å²) in [6.45, 7) is 5.77. The predicted molar refractivity (Wildman–Crippen MR) is 115 cm³/mol. The van der Waals surface area contributed by atoms with Crippen LogP contribution in [0, 0.1) is 13.8 Å². The molecule has 2 N–H and O–H groups in total. The van der Waals surface area contributed by atoms with Crippen molar-refractivity contribution in [1.82, 2.24) is 15.6 Å². The van der Waals surface area contributed by atoms with Crippen LogP contribution < -0.4 is 10.6 Å². The van der Waals surface area contributed by atoms with Crippen LogP contribution in [0.4, 0.5) is 0 Å². The van der Waals surface area contributed by atoms with Gasteiger partial charge in [0, 0.05) is 36.5 Å². The average Bonchev–Trinajstić information content (AvgIpc) is 2.86. The van der Waals surface area contributed by atoms with E-state index in [4.69, 9.17) is 11.6 Å². The van der Waals surface area contributed by atoms with Crippen molar-refractivity contribution in [2.75, 3.05) is 20.1 Å². The van der Waals surface area contributed by atoms with Crippen LogP contribution in [0.15, 0.2) is 29.3 Å². The number of halogens is 2. The van der Waals surface area contributed by atoms with Gasteiger partial charge >= 0.3 is 0 Å². The van der Waals surface area contributed by atoms with E-state index in [0.29, 0.717) is 0 Å². The average molecular weight is 479 g/mol. The fourth-order valence-corrected chi connectivity index (χ4v) is 3.33. The normalized spacial score (nSPS) is 11.1. The first-order valence-electron chi connectivity index (χ1n) is 7.71. The van der Waals surface area contributed by atoms with Gasteiger partial charge in [0.1, 0.15) is 0 Å². The predicted octanol–water partition coefficient (Wildman–Crippen LogP) is 3.98. The van der Waals surface area contributed by atoms with E-state index >= 15 is 0 Å². The fourth-order valence-electron chi connectivity index (χ4n) is 2.17. The van der Waals surface area contributed by atoms with Crippen LogP contribution in [-0.2, 0) is 12.8 Å². The number of thiazole rings is 1. The summed E-state index contributed by atoms with van der Waals surface area (Å²) in [6.07, 6.45) is 1.77. The molecule has 0 aliphatic heterocycles. The maximum atomic E-state index is 6.16. The Bertz CT molecular complexity index is 653. The minimum Gasteiger partial charge on any atom is -0.356 e. The Balaban J connectivity index is 0.00000288. The Kier molecular flexibility index (Phi) is 9.61. The summed E-state index contributed by atoms with van der Waals surface area (Å²) in [5.74, 6) is 0.807. The van der Waals surface area contributed by atoms with Gasteiger partial charge in [-0.2, -0.15) is 0 Å². The van der Waals surface area contributed by atoms with E-state index in [0.717, 1.165) is 48.2 Å². The van der Waals surface area contributed by atoms with Crippen molar-refractivity contribution in [3.05, 3.63) is 50.4 Å². The van der Waals surface area contributed by atoms with Gasteiger partial charge in [-0.3, -0.25) is 4.99 Å². The zero-order chi connectivity index (χ0) is 16.7. The lowest BCUT2D eigenvalue weighted by atomic mass is 10.1. The first-order valence-corrected chi connectivity index (χ1v) is 8.90. The molecule has 0 aliphatic rings. The first-order chi connectivity index (χ1) is 11.1. The quantitative estimate of drug-likeness (QED) is 0.375. The van der Waals surface area contributed by atoms with Crippen molar-refractivity contribution < 1.29 is 0 Å². The number of nitrogens with one attached hydrogen (secondary N) is 2. The SMILES string of the molecule is CN=C(NCCc1nc(C)c(C)s1)NCCc1ccccc1Cl.I. The van der Waals surface area contributed by atoms with Gasteiger partial charge in [-0.25, -0.2) is 4.98 Å². The highest BCUT2D eigenvalue weighted by molar-refractivity contribution is 14.0. The lowest BCUT2D eigenvalue weighted by Gasteiger charge is -2.11. The summed E-state index contributed by atoms with van der Waals surface area (Å²) in [4.78, 5) is 10.1. The van der Waals surface area contributed by atoms with Crippen LogP contribution in [0.3, 0.4) is 0 Å². The van der Waals surface area contributed by atoms with Crippen LogP contribution in [-0.4, -0.2) is 31.1 Å². The zero-order valence-electron chi connectivity index (χ0n) is 14.2. The van der Waals surface area contributed by atoms with Gasteiger partial charge in [-0.1, -0.05) is 29.8 Å². The van der Waals surface area contributed by atoms with Crippen molar-refractivity contribution >= 4 is 52.9 Å². The molecule has 0 fully saturated rings. The number of benzene rings is 1. The molecule has 0 saturated heterocycles. The number of aliphatic imine (C=N–C) groups is 1. The van der Waals surface area contributed by atoms with Gasteiger partial charge in [-0.05, 0) is 31.9 Å². The van der Waals surface area contributed by atoms with Crippen LogP contribution in [0.1, 0.15) is 21.1 Å². The molecule has 1 heterocycles. The zero-order valence-corrected chi connectivity index (χ0v) is 18.1. The van der Waals surface area contributed by atoms with Crippen molar-refractivity contribution in [2.45, 2.75) is 26.7 Å². The topological polar surface area (TPSA) is 49.3 Å². The monoisotopic (exact) mass is 478 g/mol. The Labute approximate surface area is 170 Å². The number of guanidine groups is 1. The molecule has 24 heavy (non-hydrogen) atoms. The van der Waals surface area contributed by atoms with Crippen LogP contribution in [0.5, 0.6) is 0 Å². The third-order valence-corrected chi connectivity index (χ3v) is 5.07. The first kappa shape index (κ1) is 21.2. The van der Waals surface area contributed by atoms with E-state index in [1.807, 2.05) is 24.3 Å². The summed E-state index contributed by atoms with van der Waals surface area (Å²) in [5.41, 5.74) is 2.28. The van der Waals surface area contributed by atoms with E-state index in [-0.39, 0.29) is 24.0 Å². The maximum Gasteiger partial charge on any atom is 0.191 e. The molecule has 0 atom stereocenters. The number of nitrogens with zero attached hydrogens (tertiary/aromatic N) is 2. The van der Waals surface area contributed by atoms with Gasteiger partial charge in [0.2, 0.25) is 0 Å². The largest absolute Gasteiger partial charge is 0.356 e. The minimum atomic E-state index is 0. The van der Waals surface area contributed by atoms with E-state index in [2.05, 4.69) is 34.5 Å². The summed E-state index contributed by atoms with van der Waals surface area (Å²) >= 11 is 7.92. The summed E-state index contributed by atoms with van der Waals surface area (Å²) in [7, 11) is 1.78. The molecule has 0 unspecified atom stereocenters. The Hall–Kier alpha value is -0.860. The lowest BCUT2D eigenvalue weighted by molar-refractivity contribution is 0.781. The number of hydrogen-bond donors (Lipinski definition) is 2. The number of aromatic nitrogens is 1. The molecule has 132 valence electrons. The summed E-state index contributed by atoms with van der Waals surface area (Å²) in [6, 6.07) is 7.92. The van der Waals surface area contributed by atoms with Crippen molar-refractivity contribution in [3.8, 4) is 0 Å². The molecule has 0 bridgehead atoms. The second kappa shape index (κ2) is 10.9. The third-order valence-electron chi connectivity index (χ3n) is 3.57. The summed E-state index contributed by atoms with van der Waals surface area (Å²) < 4.78 is 0. The molecule has 2 aromatic rings. The molecule has 0 spiro atoms. The molecule has 0 amide bonds. The smallest absolute Gasteiger partial charge is 0.191 e. The van der Waals surface area contributed by atoms with E-state index < -0.39 is 0 Å². The molecule has 4 nitrogen and oxygen atoms in total. The van der Waals surface area contributed by atoms with Crippen LogP contribution >= 0.6 is 46.9 Å². The molecule has 1 aromatic carbocycles. The molecule has 0 radical (unpaired) electrons. The van der Waals surface area contributed by atoms with Gasteiger partial charge in [0.15, 0.2) is 5.96 Å². The minimum absolute atomic E-state index is 0. The molecule has 0 saturated carbocycles. The van der Waals surface area contributed by atoms with Gasteiger partial charge in [0.05, 0.1) is 10.7 Å². The Morgan fingerprint density at radius 1 is 1.17 bits per heavy atom. The standard InChI is InChI=1S/C17H23ClN4S.HI/c1-12-13(2)23-16(22-12)9-11-21-17(19-3)20-10-8-14-6-4-5-7-15(14)18;/h4-7H,8-11H2,1-3H3,(H2,19,20,21);1H. The lowest BCUT2D eigenvalue weighted by Crippen LogP contribution is -2.39. The van der Waals surface area contributed by atoms with Crippen molar-refractivity contribution in [2.24, 2.45) is 4.99 Å². The number of aryl methyl sites for hydroxylation is 2. The molecular formula is C17H24ClIN4S. The second-order valence-electron chi connectivity index (χ2n) is 5.27. The Morgan fingerprint density at radius 3 is 2.42 bits per heavy atom. The number of rotatable bonds is 6. The van der Waals surface area contributed by atoms with E-state index in [1.165, 1.54) is 9.88 Å². The second-order valence-corrected chi connectivity index (χ2v) is 6.96. The molecular weight excluding hydrogens is 455 g/mol.